The minimum absolute atomic E-state index is 0.00853. The molecule has 1 amide bonds. The van der Waals surface area contributed by atoms with Crippen LogP contribution in [0.2, 0.25) is 0 Å². The summed E-state index contributed by atoms with van der Waals surface area (Å²) in [7, 11) is 0. The number of Topliss-reactive ketones (excluding diaryl/α,β-unsaturated/α-hetero) is 1. The second-order valence-corrected chi connectivity index (χ2v) is 8.12. The van der Waals surface area contributed by atoms with E-state index in [-0.39, 0.29) is 28.5 Å². The normalized spacial score (nSPS) is 26.6. The lowest BCUT2D eigenvalue weighted by atomic mass is 9.70. The van der Waals surface area contributed by atoms with Crippen LogP contribution in [0.25, 0.3) is 0 Å². The Morgan fingerprint density at radius 1 is 1.07 bits per heavy atom. The summed E-state index contributed by atoms with van der Waals surface area (Å²) in [5.74, 6) is -0.491. The number of carbonyl (C=O) groups excluding carboxylic acids is 2. The van der Waals surface area contributed by atoms with Crippen molar-refractivity contribution in [2.24, 2.45) is 5.41 Å². The molecular weight excluding hydrogens is 343 g/mol. The Balaban J connectivity index is 1.48. The largest absolute Gasteiger partial charge is 0.347 e. The Bertz CT molecular complexity index is 870. The van der Waals surface area contributed by atoms with Crippen molar-refractivity contribution >= 4 is 11.7 Å². The van der Waals surface area contributed by atoms with Crippen molar-refractivity contribution in [3.8, 4) is 0 Å². The number of hydrogen-bond acceptors (Lipinski definition) is 3. The minimum Gasteiger partial charge on any atom is -0.347 e. The molecule has 1 heterocycles. The number of rotatable bonds is 5. The Morgan fingerprint density at radius 3 is 2.70 bits per heavy atom. The fourth-order valence-electron chi connectivity index (χ4n) is 4.95. The van der Waals surface area contributed by atoms with Crippen LogP contribution in [-0.4, -0.2) is 22.2 Å². The molecule has 1 N–H and O–H groups in total. The van der Waals surface area contributed by atoms with E-state index in [2.05, 4.69) is 10.3 Å². The molecule has 2 atom stereocenters. The SMILES string of the molecule is O=C(CC12CCCC(NC(=O)c3cccnc3)(CC1)C2)c1cccc(F)c1. The number of pyridine rings is 1. The van der Waals surface area contributed by atoms with Gasteiger partial charge in [-0.15, -0.1) is 0 Å². The first-order valence-electron chi connectivity index (χ1n) is 9.51. The van der Waals surface area contributed by atoms with Crippen LogP contribution in [0, 0.1) is 11.2 Å². The third-order valence-electron chi connectivity index (χ3n) is 6.19. The zero-order chi connectivity index (χ0) is 18.9. The first-order chi connectivity index (χ1) is 13.0. The molecule has 4 rings (SSSR count). The monoisotopic (exact) mass is 366 g/mol. The summed E-state index contributed by atoms with van der Waals surface area (Å²) in [6, 6.07) is 9.44. The summed E-state index contributed by atoms with van der Waals surface area (Å²) in [6.07, 6.45) is 9.17. The van der Waals surface area contributed by atoms with Gasteiger partial charge < -0.3 is 5.32 Å². The molecule has 1 aromatic heterocycles. The van der Waals surface area contributed by atoms with E-state index >= 15 is 0 Å². The highest BCUT2D eigenvalue weighted by Crippen LogP contribution is 2.55. The highest BCUT2D eigenvalue weighted by atomic mass is 19.1. The van der Waals surface area contributed by atoms with Gasteiger partial charge in [0.25, 0.3) is 5.91 Å². The number of ketones is 1. The van der Waals surface area contributed by atoms with Crippen LogP contribution in [-0.2, 0) is 0 Å². The van der Waals surface area contributed by atoms with Gasteiger partial charge in [-0.1, -0.05) is 18.6 Å². The van der Waals surface area contributed by atoms with Gasteiger partial charge in [0.05, 0.1) is 5.56 Å². The Kier molecular flexibility index (Phi) is 4.54. The fourth-order valence-corrected chi connectivity index (χ4v) is 4.95. The van der Waals surface area contributed by atoms with Gasteiger partial charge in [-0.05, 0) is 61.8 Å². The average molecular weight is 366 g/mol. The number of aromatic nitrogens is 1. The van der Waals surface area contributed by atoms with E-state index in [0.717, 1.165) is 38.5 Å². The molecule has 2 aliphatic rings. The zero-order valence-corrected chi connectivity index (χ0v) is 15.2. The number of amides is 1. The maximum atomic E-state index is 13.5. The number of halogens is 1. The van der Waals surface area contributed by atoms with Crippen molar-refractivity contribution < 1.29 is 14.0 Å². The van der Waals surface area contributed by atoms with Gasteiger partial charge in [0.2, 0.25) is 0 Å². The second kappa shape index (κ2) is 6.87. The number of benzene rings is 1. The molecule has 27 heavy (non-hydrogen) atoms. The summed E-state index contributed by atoms with van der Waals surface area (Å²) < 4.78 is 13.5. The van der Waals surface area contributed by atoms with E-state index in [1.54, 1.807) is 36.7 Å². The lowest BCUT2D eigenvalue weighted by Crippen LogP contribution is -2.49. The fraction of sp³-hybridized carbons (Fsp3) is 0.409. The van der Waals surface area contributed by atoms with Gasteiger partial charge in [-0.25, -0.2) is 4.39 Å². The number of nitrogens with one attached hydrogen (secondary N) is 1. The van der Waals surface area contributed by atoms with Crippen LogP contribution < -0.4 is 5.32 Å². The molecule has 0 aliphatic heterocycles. The van der Waals surface area contributed by atoms with Crippen molar-refractivity contribution in [3.05, 3.63) is 65.7 Å². The lowest BCUT2D eigenvalue weighted by molar-refractivity contribution is 0.0803. The van der Waals surface area contributed by atoms with Crippen LogP contribution >= 0.6 is 0 Å². The van der Waals surface area contributed by atoms with Crippen LogP contribution in [0.15, 0.2) is 48.8 Å². The molecule has 1 aromatic carbocycles. The van der Waals surface area contributed by atoms with Crippen LogP contribution in [0.5, 0.6) is 0 Å². The number of fused-ring (bicyclic) bond motifs is 2. The smallest absolute Gasteiger partial charge is 0.253 e. The van der Waals surface area contributed by atoms with Crippen molar-refractivity contribution in [1.29, 1.82) is 0 Å². The van der Waals surface area contributed by atoms with Crippen LogP contribution in [0.4, 0.5) is 4.39 Å². The standard InChI is InChI=1S/C22H23FN2O2/c23-18-6-1-4-16(12-18)19(26)13-21-7-3-8-22(15-21,10-9-21)25-20(27)17-5-2-11-24-14-17/h1-2,4-6,11-12,14H,3,7-10,13,15H2,(H,25,27). The molecule has 0 radical (unpaired) electrons. The summed E-state index contributed by atoms with van der Waals surface area (Å²) in [5.41, 5.74) is 0.662. The Morgan fingerprint density at radius 2 is 1.93 bits per heavy atom. The molecule has 2 fully saturated rings. The van der Waals surface area contributed by atoms with Gasteiger partial charge in [0, 0.05) is 29.9 Å². The molecule has 2 aliphatic carbocycles. The molecule has 5 heteroatoms. The topological polar surface area (TPSA) is 59.1 Å². The van der Waals surface area contributed by atoms with E-state index in [1.807, 2.05) is 0 Å². The zero-order valence-electron chi connectivity index (χ0n) is 15.2. The van der Waals surface area contributed by atoms with Gasteiger partial charge in [-0.3, -0.25) is 14.6 Å². The van der Waals surface area contributed by atoms with E-state index in [1.165, 1.54) is 12.1 Å². The van der Waals surface area contributed by atoms with E-state index in [9.17, 15) is 14.0 Å². The maximum Gasteiger partial charge on any atom is 0.253 e. The molecule has 2 saturated carbocycles. The average Bonchev–Trinajstić information content (AvgIpc) is 2.92. The van der Waals surface area contributed by atoms with Crippen molar-refractivity contribution in [2.75, 3.05) is 0 Å². The highest BCUT2D eigenvalue weighted by Gasteiger charge is 2.52. The van der Waals surface area contributed by atoms with E-state index < -0.39 is 0 Å². The van der Waals surface area contributed by atoms with Crippen LogP contribution in [0.1, 0.15) is 65.7 Å². The third kappa shape index (κ3) is 3.64. The first kappa shape index (κ1) is 17.8. The van der Waals surface area contributed by atoms with Crippen LogP contribution in [0.3, 0.4) is 0 Å². The van der Waals surface area contributed by atoms with Crippen molar-refractivity contribution in [2.45, 2.75) is 50.5 Å². The second-order valence-electron chi connectivity index (χ2n) is 8.12. The molecule has 0 saturated heterocycles. The molecule has 4 nitrogen and oxygen atoms in total. The minimum atomic E-state index is -0.383. The Labute approximate surface area is 158 Å². The van der Waals surface area contributed by atoms with Gasteiger partial charge in [0.15, 0.2) is 5.78 Å². The lowest BCUT2D eigenvalue weighted by Gasteiger charge is -2.40. The number of hydrogen-bond donors (Lipinski definition) is 1. The third-order valence-corrected chi connectivity index (χ3v) is 6.19. The summed E-state index contributed by atoms with van der Waals surface area (Å²) >= 11 is 0. The number of nitrogens with zero attached hydrogens (tertiary/aromatic N) is 1. The Hall–Kier alpha value is -2.56. The highest BCUT2D eigenvalue weighted by molar-refractivity contribution is 5.96. The molecule has 2 unspecified atom stereocenters. The van der Waals surface area contributed by atoms with Crippen molar-refractivity contribution in [3.63, 3.8) is 0 Å². The molecule has 2 aromatic rings. The van der Waals surface area contributed by atoms with Gasteiger partial charge >= 0.3 is 0 Å². The summed E-state index contributed by atoms with van der Waals surface area (Å²) in [5, 5.41) is 3.24. The first-order valence-corrected chi connectivity index (χ1v) is 9.51. The van der Waals surface area contributed by atoms with E-state index in [4.69, 9.17) is 0 Å². The quantitative estimate of drug-likeness (QED) is 0.802. The summed E-state index contributed by atoms with van der Waals surface area (Å²) in [4.78, 5) is 29.4. The number of carbonyl (C=O) groups is 2. The van der Waals surface area contributed by atoms with Gasteiger partial charge in [0.1, 0.15) is 5.82 Å². The summed E-state index contributed by atoms with van der Waals surface area (Å²) in [6.45, 7) is 0. The predicted octanol–water partition coefficient (Wildman–Crippen LogP) is 4.32. The predicted molar refractivity (Wildman–Crippen MR) is 99.9 cm³/mol. The molecule has 140 valence electrons. The molecular formula is C22H23FN2O2. The maximum absolute atomic E-state index is 13.5. The van der Waals surface area contributed by atoms with E-state index in [0.29, 0.717) is 17.5 Å². The van der Waals surface area contributed by atoms with Crippen molar-refractivity contribution in [1.82, 2.24) is 10.3 Å². The van der Waals surface area contributed by atoms with Gasteiger partial charge in [-0.2, -0.15) is 0 Å². The molecule has 0 spiro atoms. The molecule has 2 bridgehead atoms.